The third-order valence-corrected chi connectivity index (χ3v) is 3.41. The van der Waals surface area contributed by atoms with Gasteiger partial charge in [0.15, 0.2) is 0 Å². The molecule has 1 aromatic carbocycles. The van der Waals surface area contributed by atoms with Crippen LogP contribution in [0.3, 0.4) is 0 Å². The molecule has 3 N–H and O–H groups in total. The molecule has 0 aliphatic heterocycles. The van der Waals surface area contributed by atoms with Crippen molar-refractivity contribution < 1.29 is 9.59 Å². The number of tetrazole rings is 1. The van der Waals surface area contributed by atoms with Gasteiger partial charge in [-0.15, -0.1) is 5.10 Å². The van der Waals surface area contributed by atoms with Crippen LogP contribution in [0.1, 0.15) is 23.7 Å². The number of nitrogens with one attached hydrogen (secondary N) is 3. The number of carbonyl (C=O) groups excluding carboxylic acids is 2. The zero-order valence-electron chi connectivity index (χ0n) is 11.3. The molecule has 0 saturated heterocycles. The average molecular weight is 286 g/mol. The molecule has 21 heavy (non-hydrogen) atoms. The summed E-state index contributed by atoms with van der Waals surface area (Å²) in [6, 6.07) is 6.71. The van der Waals surface area contributed by atoms with Gasteiger partial charge in [0.05, 0.1) is 0 Å². The number of aromatic amines is 1. The number of aromatic nitrogens is 4. The van der Waals surface area contributed by atoms with Gasteiger partial charge in [0.2, 0.25) is 5.91 Å². The maximum Gasteiger partial charge on any atom is 0.270 e. The number of benzene rings is 1. The van der Waals surface area contributed by atoms with Crippen LogP contribution in [0, 0.1) is 11.8 Å². The van der Waals surface area contributed by atoms with Crippen molar-refractivity contribution in [2.75, 3.05) is 10.6 Å². The van der Waals surface area contributed by atoms with Crippen molar-refractivity contribution in [2.45, 2.75) is 13.3 Å². The van der Waals surface area contributed by atoms with Crippen LogP contribution in [0.25, 0.3) is 0 Å². The third-order valence-electron chi connectivity index (χ3n) is 3.41. The molecular formula is C13H14N6O2. The van der Waals surface area contributed by atoms with Crippen molar-refractivity contribution in [3.63, 3.8) is 0 Å². The fraction of sp³-hybridized carbons (Fsp3) is 0.308. The first kappa shape index (κ1) is 13.2. The van der Waals surface area contributed by atoms with Gasteiger partial charge >= 0.3 is 0 Å². The summed E-state index contributed by atoms with van der Waals surface area (Å²) < 4.78 is 0. The smallest absolute Gasteiger partial charge is 0.270 e. The molecule has 0 bridgehead atoms. The molecule has 1 fully saturated rings. The van der Waals surface area contributed by atoms with E-state index in [2.05, 4.69) is 31.3 Å². The Kier molecular flexibility index (Phi) is 3.35. The van der Waals surface area contributed by atoms with Crippen LogP contribution >= 0.6 is 0 Å². The van der Waals surface area contributed by atoms with Gasteiger partial charge in [-0.2, -0.15) is 5.21 Å². The highest BCUT2D eigenvalue weighted by molar-refractivity contribution is 6.04. The largest absolute Gasteiger partial charge is 0.326 e. The molecule has 8 nitrogen and oxygen atoms in total. The molecule has 108 valence electrons. The summed E-state index contributed by atoms with van der Waals surface area (Å²) in [6.45, 7) is 2.04. The number of anilines is 2. The molecule has 1 aromatic heterocycles. The molecule has 2 atom stereocenters. The lowest BCUT2D eigenvalue weighted by Crippen LogP contribution is -2.16. The van der Waals surface area contributed by atoms with Crippen LogP contribution in [-0.2, 0) is 4.79 Å². The highest BCUT2D eigenvalue weighted by Gasteiger charge is 2.39. The molecule has 3 rings (SSSR count). The number of hydrogen-bond acceptors (Lipinski definition) is 5. The molecule has 2 amide bonds. The molecule has 8 heteroatoms. The monoisotopic (exact) mass is 286 g/mol. The summed E-state index contributed by atoms with van der Waals surface area (Å²) in [7, 11) is 0. The van der Waals surface area contributed by atoms with Crippen molar-refractivity contribution >= 4 is 23.5 Å². The molecule has 1 aliphatic carbocycles. The number of nitrogens with zero attached hydrogens (tertiary/aromatic N) is 3. The molecule has 2 aromatic rings. The summed E-state index contributed by atoms with van der Waals surface area (Å²) >= 11 is 0. The van der Waals surface area contributed by atoms with E-state index in [1.165, 1.54) is 0 Å². The summed E-state index contributed by atoms with van der Waals surface area (Å²) in [4.78, 5) is 23.9. The Hall–Kier alpha value is -2.77. The standard InChI is InChI=1S/C13H14N6O2/c1-7-5-10(7)12(21)14-9-4-2-3-8(6-9)11(20)15-13-16-18-19-17-13/h2-4,6-7,10H,5H2,1H3,(H,14,21)(H2,15,16,17,18,19,20)/t7-,10+/m0/s1. The Morgan fingerprint density at radius 2 is 2.14 bits per heavy atom. The number of rotatable bonds is 4. The van der Waals surface area contributed by atoms with Gasteiger partial charge in [-0.3, -0.25) is 14.9 Å². The summed E-state index contributed by atoms with van der Waals surface area (Å²) in [6.07, 6.45) is 0.920. The van der Waals surface area contributed by atoms with E-state index in [0.717, 1.165) is 6.42 Å². The van der Waals surface area contributed by atoms with Gasteiger partial charge in [-0.25, -0.2) is 0 Å². The summed E-state index contributed by atoms with van der Waals surface area (Å²) in [5, 5.41) is 18.2. The highest BCUT2D eigenvalue weighted by atomic mass is 16.2. The van der Waals surface area contributed by atoms with Gasteiger partial charge < -0.3 is 5.32 Å². The number of H-pyrrole nitrogens is 1. The quantitative estimate of drug-likeness (QED) is 0.777. The predicted octanol–water partition coefficient (Wildman–Crippen LogP) is 1.05. The number of carbonyl (C=O) groups is 2. The van der Waals surface area contributed by atoms with Crippen molar-refractivity contribution in [3.05, 3.63) is 29.8 Å². The van der Waals surface area contributed by atoms with Gasteiger partial charge in [-0.05, 0) is 35.8 Å². The Labute approximate surface area is 120 Å². The van der Waals surface area contributed by atoms with Crippen LogP contribution in [-0.4, -0.2) is 32.4 Å². The molecule has 1 heterocycles. The van der Waals surface area contributed by atoms with E-state index in [4.69, 9.17) is 0 Å². The molecule has 1 aliphatic rings. The van der Waals surface area contributed by atoms with Crippen LogP contribution in [0.4, 0.5) is 11.6 Å². The van der Waals surface area contributed by atoms with Gasteiger partial charge in [-0.1, -0.05) is 18.1 Å². The third kappa shape index (κ3) is 3.04. The number of amides is 2. The Balaban J connectivity index is 1.67. The summed E-state index contributed by atoms with van der Waals surface area (Å²) in [5.74, 6) is 0.253. The number of hydrogen-bond donors (Lipinski definition) is 3. The zero-order valence-corrected chi connectivity index (χ0v) is 11.3. The van der Waals surface area contributed by atoms with Crippen molar-refractivity contribution in [1.82, 2.24) is 20.6 Å². The first-order valence-corrected chi connectivity index (χ1v) is 6.59. The van der Waals surface area contributed by atoms with Crippen LogP contribution < -0.4 is 10.6 Å². The highest BCUT2D eigenvalue weighted by Crippen LogP contribution is 2.38. The SMILES string of the molecule is C[C@H]1C[C@H]1C(=O)Nc1cccc(C(=O)Nc2nn[nH]n2)c1. The van der Waals surface area contributed by atoms with Gasteiger partial charge in [0.25, 0.3) is 11.9 Å². The molecule has 0 spiro atoms. The van der Waals surface area contributed by atoms with Gasteiger partial charge in [0, 0.05) is 17.2 Å². The van der Waals surface area contributed by atoms with Gasteiger partial charge in [0.1, 0.15) is 0 Å². The fourth-order valence-corrected chi connectivity index (χ4v) is 2.05. The van der Waals surface area contributed by atoms with Crippen LogP contribution in [0.2, 0.25) is 0 Å². The Morgan fingerprint density at radius 1 is 1.33 bits per heavy atom. The van der Waals surface area contributed by atoms with Crippen LogP contribution in [0.15, 0.2) is 24.3 Å². The molecule has 1 saturated carbocycles. The lowest BCUT2D eigenvalue weighted by Gasteiger charge is -2.06. The fourth-order valence-electron chi connectivity index (χ4n) is 2.05. The first-order valence-electron chi connectivity index (χ1n) is 6.59. The predicted molar refractivity (Wildman–Crippen MR) is 74.5 cm³/mol. The lowest BCUT2D eigenvalue weighted by atomic mass is 10.2. The minimum absolute atomic E-state index is 0.00164. The topological polar surface area (TPSA) is 113 Å². The van der Waals surface area contributed by atoms with E-state index in [0.29, 0.717) is 17.2 Å². The van der Waals surface area contributed by atoms with E-state index in [-0.39, 0.29) is 23.7 Å². The maximum absolute atomic E-state index is 12.0. The summed E-state index contributed by atoms with van der Waals surface area (Å²) in [5.41, 5.74) is 1.00. The normalized spacial score (nSPS) is 19.9. The van der Waals surface area contributed by atoms with E-state index in [9.17, 15) is 9.59 Å². The maximum atomic E-state index is 12.0. The minimum atomic E-state index is -0.368. The van der Waals surface area contributed by atoms with E-state index in [1.54, 1.807) is 24.3 Å². The van der Waals surface area contributed by atoms with E-state index in [1.807, 2.05) is 6.92 Å². The van der Waals surface area contributed by atoms with E-state index < -0.39 is 0 Å². The second kappa shape index (κ2) is 5.31. The van der Waals surface area contributed by atoms with Crippen molar-refractivity contribution in [2.24, 2.45) is 11.8 Å². The minimum Gasteiger partial charge on any atom is -0.326 e. The van der Waals surface area contributed by atoms with E-state index >= 15 is 0 Å². The lowest BCUT2D eigenvalue weighted by molar-refractivity contribution is -0.117. The average Bonchev–Trinajstić information content (AvgIpc) is 2.98. The Bertz CT molecular complexity index is 669. The first-order chi connectivity index (χ1) is 10.1. The van der Waals surface area contributed by atoms with Crippen LogP contribution in [0.5, 0.6) is 0 Å². The Morgan fingerprint density at radius 3 is 2.81 bits per heavy atom. The molecule has 0 radical (unpaired) electrons. The van der Waals surface area contributed by atoms with Crippen molar-refractivity contribution in [1.29, 1.82) is 0 Å². The zero-order chi connectivity index (χ0) is 14.8. The molecule has 0 unspecified atom stereocenters. The second-order valence-corrected chi connectivity index (χ2v) is 5.08. The van der Waals surface area contributed by atoms with Crippen molar-refractivity contribution in [3.8, 4) is 0 Å². The second-order valence-electron chi connectivity index (χ2n) is 5.08. The molecular weight excluding hydrogens is 272 g/mol.